The minimum Gasteiger partial charge on any atom is -0.507 e. The van der Waals surface area contributed by atoms with E-state index in [0.29, 0.717) is 0 Å². The van der Waals surface area contributed by atoms with Crippen LogP contribution in [-0.2, 0) is 6.42 Å². The Bertz CT molecular complexity index is 525. The molecule has 3 heteroatoms. The standard InChI is InChI=1S/C25H42O3/c1-2-3-4-5-6-7-8-9-10-11-12-13-14-15-16-17-18-22-19-20-23(25(27)28)24(26)21-22/h19-21,26H,2-18H2,1H3,(H,27,28). The normalized spacial score (nSPS) is 11.0. The number of rotatable bonds is 18. The lowest BCUT2D eigenvalue weighted by molar-refractivity contribution is 0.0693. The lowest BCUT2D eigenvalue weighted by Crippen LogP contribution is -1.97. The second kappa shape index (κ2) is 16.4. The van der Waals surface area contributed by atoms with Gasteiger partial charge in [-0.25, -0.2) is 4.79 Å². The van der Waals surface area contributed by atoms with Crippen molar-refractivity contribution in [3.8, 4) is 5.75 Å². The lowest BCUT2D eigenvalue weighted by Gasteiger charge is -2.05. The molecule has 0 saturated heterocycles. The summed E-state index contributed by atoms with van der Waals surface area (Å²) < 4.78 is 0. The summed E-state index contributed by atoms with van der Waals surface area (Å²) in [5.74, 6) is -1.20. The molecule has 0 aliphatic heterocycles. The molecule has 1 rings (SSSR count). The van der Waals surface area contributed by atoms with Crippen LogP contribution in [0.4, 0.5) is 0 Å². The van der Waals surface area contributed by atoms with E-state index in [0.717, 1.165) is 18.4 Å². The first-order valence-corrected chi connectivity index (χ1v) is 11.7. The molecule has 0 spiro atoms. The molecule has 160 valence electrons. The molecular formula is C25H42O3. The van der Waals surface area contributed by atoms with Gasteiger partial charge in [-0.15, -0.1) is 0 Å². The number of phenols is 1. The maximum atomic E-state index is 10.9. The van der Waals surface area contributed by atoms with Gasteiger partial charge in [-0.1, -0.05) is 109 Å². The zero-order valence-corrected chi connectivity index (χ0v) is 18.1. The maximum Gasteiger partial charge on any atom is 0.339 e. The van der Waals surface area contributed by atoms with Gasteiger partial charge in [-0.05, 0) is 30.5 Å². The highest BCUT2D eigenvalue weighted by molar-refractivity contribution is 5.90. The maximum absolute atomic E-state index is 10.9. The molecule has 1 aromatic rings. The molecule has 0 radical (unpaired) electrons. The van der Waals surface area contributed by atoms with Gasteiger partial charge in [0.1, 0.15) is 11.3 Å². The number of carboxylic acids is 1. The van der Waals surface area contributed by atoms with Crippen molar-refractivity contribution in [3.05, 3.63) is 29.3 Å². The Hall–Kier alpha value is -1.51. The highest BCUT2D eigenvalue weighted by Crippen LogP contribution is 2.20. The quantitative estimate of drug-likeness (QED) is 0.250. The summed E-state index contributed by atoms with van der Waals surface area (Å²) >= 11 is 0. The highest BCUT2D eigenvalue weighted by atomic mass is 16.4. The first-order valence-electron chi connectivity index (χ1n) is 11.7. The Labute approximate surface area is 172 Å². The first-order chi connectivity index (χ1) is 13.6. The SMILES string of the molecule is CCCCCCCCCCCCCCCCCCc1ccc(C(=O)O)c(O)c1. The van der Waals surface area contributed by atoms with Crippen LogP contribution in [0.15, 0.2) is 18.2 Å². The molecule has 0 aromatic heterocycles. The van der Waals surface area contributed by atoms with Crippen LogP contribution < -0.4 is 0 Å². The van der Waals surface area contributed by atoms with Crippen LogP contribution in [0.25, 0.3) is 0 Å². The van der Waals surface area contributed by atoms with Gasteiger partial charge in [0.25, 0.3) is 0 Å². The van der Waals surface area contributed by atoms with Crippen molar-refractivity contribution in [2.75, 3.05) is 0 Å². The van der Waals surface area contributed by atoms with Crippen LogP contribution >= 0.6 is 0 Å². The number of aromatic hydroxyl groups is 1. The van der Waals surface area contributed by atoms with Crippen LogP contribution in [0, 0.1) is 0 Å². The van der Waals surface area contributed by atoms with E-state index in [1.807, 2.05) is 6.07 Å². The molecule has 2 N–H and O–H groups in total. The summed E-state index contributed by atoms with van der Waals surface area (Å²) in [5, 5.41) is 18.6. The van der Waals surface area contributed by atoms with Crippen molar-refractivity contribution in [2.24, 2.45) is 0 Å². The van der Waals surface area contributed by atoms with Crippen molar-refractivity contribution < 1.29 is 15.0 Å². The third-order valence-corrected chi connectivity index (χ3v) is 5.61. The van der Waals surface area contributed by atoms with Crippen LogP contribution in [0.5, 0.6) is 5.75 Å². The fraction of sp³-hybridized carbons (Fsp3) is 0.720. The van der Waals surface area contributed by atoms with Crippen LogP contribution in [0.3, 0.4) is 0 Å². The molecule has 0 saturated carbocycles. The molecule has 0 heterocycles. The van der Waals surface area contributed by atoms with Crippen molar-refractivity contribution >= 4 is 5.97 Å². The number of carbonyl (C=O) groups is 1. The summed E-state index contributed by atoms with van der Waals surface area (Å²) in [4.78, 5) is 10.9. The van der Waals surface area contributed by atoms with Crippen LogP contribution in [0.1, 0.15) is 126 Å². The number of aryl methyl sites for hydroxylation is 1. The largest absolute Gasteiger partial charge is 0.507 e. The van der Waals surface area contributed by atoms with E-state index in [-0.39, 0.29) is 11.3 Å². The molecule has 1 aromatic carbocycles. The van der Waals surface area contributed by atoms with Gasteiger partial charge >= 0.3 is 5.97 Å². The Balaban J connectivity index is 1.87. The predicted octanol–water partition coefficient (Wildman–Crippen LogP) is 7.89. The number of carboxylic acid groups (broad SMARTS) is 1. The summed E-state index contributed by atoms with van der Waals surface area (Å²) in [6, 6.07) is 4.91. The molecule has 0 unspecified atom stereocenters. The average molecular weight is 391 g/mol. The Morgan fingerprint density at radius 3 is 1.54 bits per heavy atom. The third-order valence-electron chi connectivity index (χ3n) is 5.61. The average Bonchev–Trinajstić information content (AvgIpc) is 2.67. The van der Waals surface area contributed by atoms with E-state index in [2.05, 4.69) is 6.92 Å². The minimum atomic E-state index is -1.08. The number of unbranched alkanes of at least 4 members (excludes halogenated alkanes) is 15. The predicted molar refractivity (Wildman–Crippen MR) is 118 cm³/mol. The lowest BCUT2D eigenvalue weighted by atomic mass is 10.0. The van der Waals surface area contributed by atoms with Gasteiger partial charge in [0.15, 0.2) is 0 Å². The molecule has 0 aliphatic carbocycles. The smallest absolute Gasteiger partial charge is 0.339 e. The summed E-state index contributed by atoms with van der Waals surface area (Å²) in [7, 11) is 0. The van der Waals surface area contributed by atoms with E-state index in [1.165, 1.54) is 102 Å². The second-order valence-electron chi connectivity index (χ2n) is 8.21. The van der Waals surface area contributed by atoms with E-state index in [4.69, 9.17) is 5.11 Å². The van der Waals surface area contributed by atoms with Gasteiger partial charge in [0.2, 0.25) is 0 Å². The zero-order valence-electron chi connectivity index (χ0n) is 18.1. The Morgan fingerprint density at radius 1 is 0.714 bits per heavy atom. The van der Waals surface area contributed by atoms with Gasteiger partial charge < -0.3 is 10.2 Å². The van der Waals surface area contributed by atoms with Gasteiger partial charge in [-0.3, -0.25) is 0 Å². The van der Waals surface area contributed by atoms with Crippen LogP contribution in [-0.4, -0.2) is 16.2 Å². The van der Waals surface area contributed by atoms with Gasteiger partial charge in [0.05, 0.1) is 0 Å². The van der Waals surface area contributed by atoms with E-state index in [1.54, 1.807) is 6.07 Å². The Kier molecular flexibility index (Phi) is 14.4. The number of hydrogen-bond donors (Lipinski definition) is 2. The third kappa shape index (κ3) is 12.0. The fourth-order valence-electron chi connectivity index (χ4n) is 3.79. The monoisotopic (exact) mass is 390 g/mol. The number of hydrogen-bond acceptors (Lipinski definition) is 2. The van der Waals surface area contributed by atoms with Crippen molar-refractivity contribution in [2.45, 2.75) is 116 Å². The summed E-state index contributed by atoms with van der Waals surface area (Å²) in [5.41, 5.74) is 1.00. The van der Waals surface area contributed by atoms with Crippen molar-refractivity contribution in [1.82, 2.24) is 0 Å². The number of aromatic carboxylic acids is 1. The molecule has 0 aliphatic rings. The van der Waals surface area contributed by atoms with Crippen molar-refractivity contribution in [1.29, 1.82) is 0 Å². The molecule has 0 fully saturated rings. The highest BCUT2D eigenvalue weighted by Gasteiger charge is 2.09. The van der Waals surface area contributed by atoms with Gasteiger partial charge in [0, 0.05) is 0 Å². The van der Waals surface area contributed by atoms with E-state index in [9.17, 15) is 9.90 Å². The molecular weight excluding hydrogens is 348 g/mol. The minimum absolute atomic E-state index is 0.0178. The fourth-order valence-corrected chi connectivity index (χ4v) is 3.79. The van der Waals surface area contributed by atoms with Crippen LogP contribution in [0.2, 0.25) is 0 Å². The molecule has 0 bridgehead atoms. The molecule has 28 heavy (non-hydrogen) atoms. The topological polar surface area (TPSA) is 57.5 Å². The summed E-state index contributed by atoms with van der Waals surface area (Å²) in [6.45, 7) is 2.27. The second-order valence-corrected chi connectivity index (χ2v) is 8.21. The van der Waals surface area contributed by atoms with Gasteiger partial charge in [-0.2, -0.15) is 0 Å². The number of benzene rings is 1. The molecule has 0 amide bonds. The Morgan fingerprint density at radius 2 is 1.14 bits per heavy atom. The summed E-state index contributed by atoms with van der Waals surface area (Å²) in [6.07, 6.45) is 22.7. The molecule has 3 nitrogen and oxygen atoms in total. The van der Waals surface area contributed by atoms with E-state index < -0.39 is 5.97 Å². The van der Waals surface area contributed by atoms with E-state index >= 15 is 0 Å². The first kappa shape index (κ1) is 24.5. The van der Waals surface area contributed by atoms with Crippen molar-refractivity contribution in [3.63, 3.8) is 0 Å². The molecule has 0 atom stereocenters. The zero-order chi connectivity index (χ0) is 20.5.